The van der Waals surface area contributed by atoms with Crippen LogP contribution < -0.4 is 5.32 Å². The van der Waals surface area contributed by atoms with E-state index in [1.807, 2.05) is 6.92 Å². The summed E-state index contributed by atoms with van der Waals surface area (Å²) in [5.41, 5.74) is 0. The van der Waals surface area contributed by atoms with Crippen LogP contribution in [0.2, 0.25) is 0 Å². The molecule has 0 aromatic rings. The molecule has 0 saturated carbocycles. The lowest BCUT2D eigenvalue weighted by Gasteiger charge is -2.14. The molecule has 0 spiro atoms. The summed E-state index contributed by atoms with van der Waals surface area (Å²) in [5, 5.41) is 2.82. The third kappa shape index (κ3) is 6.46. The minimum atomic E-state index is -2.93. The van der Waals surface area contributed by atoms with Crippen LogP contribution in [0.5, 0.6) is 0 Å². The monoisotopic (exact) mass is 236 g/mol. The quantitative estimate of drug-likeness (QED) is 0.605. The van der Waals surface area contributed by atoms with Gasteiger partial charge >= 0.3 is 0 Å². The molecule has 0 aromatic carbocycles. The van der Waals surface area contributed by atoms with Gasteiger partial charge in [-0.3, -0.25) is 4.79 Å². The minimum absolute atomic E-state index is 0.0219. The first-order valence-electron chi connectivity index (χ1n) is 5.08. The maximum absolute atomic E-state index is 11.3. The first-order chi connectivity index (χ1) is 6.93. The minimum Gasteiger partial charge on any atom is -0.345 e. The van der Waals surface area contributed by atoms with Gasteiger partial charge < -0.3 is 10.2 Å². The van der Waals surface area contributed by atoms with E-state index in [0.717, 1.165) is 0 Å². The van der Waals surface area contributed by atoms with Crippen LogP contribution in [-0.2, 0) is 14.6 Å². The Morgan fingerprint density at radius 1 is 1.33 bits per heavy atom. The molecule has 0 saturated heterocycles. The van der Waals surface area contributed by atoms with Gasteiger partial charge in [0.1, 0.15) is 0 Å². The molecule has 15 heavy (non-hydrogen) atoms. The number of nitrogens with zero attached hydrogens (tertiary/aromatic N) is 1. The standard InChI is InChI=1S/C9H20N2O3S/c1-4-11(3)9(12)8-10-6-7-15(13,14)5-2/h10H,4-8H2,1-3H3. The van der Waals surface area contributed by atoms with Crippen molar-refractivity contribution in [3.8, 4) is 0 Å². The molecular weight excluding hydrogens is 216 g/mol. The number of rotatable bonds is 7. The van der Waals surface area contributed by atoms with Gasteiger partial charge in [-0.2, -0.15) is 0 Å². The molecule has 90 valence electrons. The third-order valence-electron chi connectivity index (χ3n) is 2.21. The topological polar surface area (TPSA) is 66.5 Å². The number of amides is 1. The molecule has 0 aliphatic carbocycles. The van der Waals surface area contributed by atoms with Crippen molar-refractivity contribution in [2.45, 2.75) is 13.8 Å². The van der Waals surface area contributed by atoms with Gasteiger partial charge in [0, 0.05) is 25.9 Å². The van der Waals surface area contributed by atoms with Crippen molar-refractivity contribution >= 4 is 15.7 Å². The number of carbonyl (C=O) groups excluding carboxylic acids is 1. The summed E-state index contributed by atoms with van der Waals surface area (Å²) in [4.78, 5) is 12.9. The molecule has 0 radical (unpaired) electrons. The Labute approximate surface area is 91.8 Å². The van der Waals surface area contributed by atoms with Crippen molar-refractivity contribution in [2.75, 3.05) is 38.2 Å². The summed E-state index contributed by atoms with van der Waals surface area (Å²) in [6.45, 7) is 4.70. The lowest BCUT2D eigenvalue weighted by molar-refractivity contribution is -0.128. The second-order valence-corrected chi connectivity index (χ2v) is 5.79. The lowest BCUT2D eigenvalue weighted by atomic mass is 10.5. The second kappa shape index (κ2) is 6.79. The SMILES string of the molecule is CCN(C)C(=O)CNCCS(=O)(=O)CC. The average Bonchev–Trinajstić information content (AvgIpc) is 2.22. The van der Waals surface area contributed by atoms with Crippen molar-refractivity contribution in [1.29, 1.82) is 0 Å². The zero-order valence-corrected chi connectivity index (χ0v) is 10.4. The summed E-state index contributed by atoms with van der Waals surface area (Å²) in [6.07, 6.45) is 0. The molecule has 0 unspecified atom stereocenters. The summed E-state index contributed by atoms with van der Waals surface area (Å²) in [7, 11) is -1.22. The number of likely N-dealkylation sites (N-methyl/N-ethyl adjacent to an activating group) is 1. The Kier molecular flexibility index (Phi) is 6.51. The van der Waals surface area contributed by atoms with Crippen LogP contribution in [0.1, 0.15) is 13.8 Å². The molecule has 0 heterocycles. The molecule has 0 rings (SSSR count). The van der Waals surface area contributed by atoms with E-state index in [4.69, 9.17) is 0 Å². The first kappa shape index (κ1) is 14.4. The Morgan fingerprint density at radius 2 is 1.93 bits per heavy atom. The molecule has 1 N–H and O–H groups in total. The third-order valence-corrected chi connectivity index (χ3v) is 3.91. The zero-order chi connectivity index (χ0) is 11.9. The largest absolute Gasteiger partial charge is 0.345 e. The highest BCUT2D eigenvalue weighted by Crippen LogP contribution is 1.87. The molecule has 1 amide bonds. The number of nitrogens with one attached hydrogen (secondary N) is 1. The molecular formula is C9H20N2O3S. The van der Waals surface area contributed by atoms with Gasteiger partial charge in [-0.05, 0) is 6.92 Å². The summed E-state index contributed by atoms with van der Waals surface area (Å²) in [6, 6.07) is 0. The van der Waals surface area contributed by atoms with E-state index in [1.165, 1.54) is 0 Å². The van der Waals surface area contributed by atoms with Crippen molar-refractivity contribution < 1.29 is 13.2 Å². The highest BCUT2D eigenvalue weighted by atomic mass is 32.2. The average molecular weight is 236 g/mol. The number of hydrogen-bond acceptors (Lipinski definition) is 4. The van der Waals surface area contributed by atoms with E-state index in [1.54, 1.807) is 18.9 Å². The predicted molar refractivity (Wildman–Crippen MR) is 60.5 cm³/mol. The van der Waals surface area contributed by atoms with Crippen molar-refractivity contribution in [3.63, 3.8) is 0 Å². The number of carbonyl (C=O) groups is 1. The Morgan fingerprint density at radius 3 is 2.40 bits per heavy atom. The van der Waals surface area contributed by atoms with Gasteiger partial charge in [0.05, 0.1) is 12.3 Å². The van der Waals surface area contributed by atoms with E-state index in [-0.39, 0.29) is 24.0 Å². The van der Waals surface area contributed by atoms with Gasteiger partial charge in [-0.1, -0.05) is 6.92 Å². The van der Waals surface area contributed by atoms with Gasteiger partial charge in [0.2, 0.25) is 5.91 Å². The molecule has 0 atom stereocenters. The van der Waals surface area contributed by atoms with Crippen LogP contribution in [0.3, 0.4) is 0 Å². The number of hydrogen-bond donors (Lipinski definition) is 1. The number of sulfone groups is 1. The Hall–Kier alpha value is -0.620. The zero-order valence-electron chi connectivity index (χ0n) is 9.62. The van der Waals surface area contributed by atoms with E-state index in [2.05, 4.69) is 5.32 Å². The van der Waals surface area contributed by atoms with Crippen LogP contribution in [0.4, 0.5) is 0 Å². The molecule has 0 aliphatic heterocycles. The maximum Gasteiger partial charge on any atom is 0.236 e. The first-order valence-corrected chi connectivity index (χ1v) is 6.90. The molecule has 0 bridgehead atoms. The molecule has 0 aliphatic rings. The summed E-state index contributed by atoms with van der Waals surface area (Å²) in [5.74, 6) is 0.218. The van der Waals surface area contributed by atoms with Crippen LogP contribution in [0.15, 0.2) is 0 Å². The Bertz CT molecular complexity index is 288. The predicted octanol–water partition coefficient (Wildman–Crippen LogP) is -0.511. The highest BCUT2D eigenvalue weighted by molar-refractivity contribution is 7.91. The van der Waals surface area contributed by atoms with Crippen LogP contribution in [0.25, 0.3) is 0 Å². The van der Waals surface area contributed by atoms with Crippen LogP contribution in [0, 0.1) is 0 Å². The smallest absolute Gasteiger partial charge is 0.236 e. The van der Waals surface area contributed by atoms with Crippen molar-refractivity contribution in [1.82, 2.24) is 10.2 Å². The van der Waals surface area contributed by atoms with Crippen LogP contribution >= 0.6 is 0 Å². The van der Waals surface area contributed by atoms with E-state index >= 15 is 0 Å². The fraction of sp³-hybridized carbons (Fsp3) is 0.889. The highest BCUT2D eigenvalue weighted by Gasteiger charge is 2.08. The fourth-order valence-electron chi connectivity index (χ4n) is 0.879. The van der Waals surface area contributed by atoms with Gasteiger partial charge in [-0.25, -0.2) is 8.42 Å². The van der Waals surface area contributed by atoms with E-state index in [0.29, 0.717) is 13.1 Å². The lowest BCUT2D eigenvalue weighted by Crippen LogP contribution is -2.37. The summed E-state index contributed by atoms with van der Waals surface area (Å²) < 4.78 is 22.2. The van der Waals surface area contributed by atoms with E-state index in [9.17, 15) is 13.2 Å². The molecule has 0 fully saturated rings. The van der Waals surface area contributed by atoms with Gasteiger partial charge in [0.25, 0.3) is 0 Å². The molecule has 6 heteroatoms. The van der Waals surface area contributed by atoms with E-state index < -0.39 is 9.84 Å². The fourth-order valence-corrected chi connectivity index (χ4v) is 1.62. The summed E-state index contributed by atoms with van der Waals surface area (Å²) >= 11 is 0. The second-order valence-electron chi connectivity index (χ2n) is 3.32. The van der Waals surface area contributed by atoms with Crippen molar-refractivity contribution in [3.05, 3.63) is 0 Å². The van der Waals surface area contributed by atoms with Gasteiger partial charge in [-0.15, -0.1) is 0 Å². The van der Waals surface area contributed by atoms with Crippen molar-refractivity contribution in [2.24, 2.45) is 0 Å². The molecule has 0 aromatic heterocycles. The van der Waals surface area contributed by atoms with Crippen LogP contribution in [-0.4, -0.2) is 57.4 Å². The maximum atomic E-state index is 11.3. The normalized spacial score (nSPS) is 11.4. The van der Waals surface area contributed by atoms with Gasteiger partial charge in [0.15, 0.2) is 9.84 Å². The molecule has 5 nitrogen and oxygen atoms in total. The Balaban J connectivity index is 3.68.